The summed E-state index contributed by atoms with van der Waals surface area (Å²) >= 11 is 0. The molecule has 1 saturated carbocycles. The van der Waals surface area contributed by atoms with E-state index in [1.807, 2.05) is 0 Å². The molecule has 3 heteroatoms. The third-order valence-electron chi connectivity index (χ3n) is 5.12. The minimum Gasteiger partial charge on any atom is -0.310 e. The molecule has 1 atom stereocenters. The molecule has 0 saturated heterocycles. The summed E-state index contributed by atoms with van der Waals surface area (Å²) in [4.78, 5) is 0. The van der Waals surface area contributed by atoms with Crippen LogP contribution < -0.4 is 5.32 Å². The van der Waals surface area contributed by atoms with Crippen molar-refractivity contribution in [2.45, 2.75) is 72.4 Å². The van der Waals surface area contributed by atoms with E-state index in [0.29, 0.717) is 6.04 Å². The van der Waals surface area contributed by atoms with Gasteiger partial charge in [0.05, 0.1) is 6.20 Å². The van der Waals surface area contributed by atoms with Crippen LogP contribution in [0.1, 0.15) is 71.4 Å². The van der Waals surface area contributed by atoms with Gasteiger partial charge in [-0.2, -0.15) is 5.10 Å². The maximum Gasteiger partial charge on any atom is 0.0537 e. The highest BCUT2D eigenvalue weighted by molar-refractivity contribution is 5.12. The molecule has 0 aliphatic heterocycles. The highest BCUT2D eigenvalue weighted by atomic mass is 15.3. The Hall–Kier alpha value is -0.830. The average molecular weight is 291 g/mol. The molecule has 0 aromatic carbocycles. The largest absolute Gasteiger partial charge is 0.310 e. The van der Waals surface area contributed by atoms with Gasteiger partial charge in [-0.1, -0.05) is 27.7 Å². The van der Waals surface area contributed by atoms with Crippen LogP contribution in [0.25, 0.3) is 0 Å². The van der Waals surface area contributed by atoms with E-state index in [1.54, 1.807) is 0 Å². The number of hydrogen-bond donors (Lipinski definition) is 1. The number of nitrogens with zero attached hydrogens (tertiary/aromatic N) is 2. The van der Waals surface area contributed by atoms with Crippen LogP contribution >= 0.6 is 0 Å². The zero-order chi connectivity index (χ0) is 15.2. The van der Waals surface area contributed by atoms with Crippen LogP contribution in [-0.2, 0) is 6.54 Å². The van der Waals surface area contributed by atoms with Gasteiger partial charge >= 0.3 is 0 Å². The van der Waals surface area contributed by atoms with Crippen molar-refractivity contribution in [1.29, 1.82) is 0 Å². The maximum absolute atomic E-state index is 4.52. The molecule has 21 heavy (non-hydrogen) atoms. The fraction of sp³-hybridized carbons (Fsp3) is 0.833. The van der Waals surface area contributed by atoms with E-state index in [4.69, 9.17) is 0 Å². The summed E-state index contributed by atoms with van der Waals surface area (Å²) in [5.41, 5.74) is 1.39. The maximum atomic E-state index is 4.52. The van der Waals surface area contributed by atoms with Crippen LogP contribution in [0, 0.1) is 17.8 Å². The summed E-state index contributed by atoms with van der Waals surface area (Å²) in [6, 6.07) is 0.494. The molecular weight excluding hydrogens is 258 g/mol. The van der Waals surface area contributed by atoms with Gasteiger partial charge in [-0.05, 0) is 56.4 Å². The fourth-order valence-electron chi connectivity index (χ4n) is 3.81. The van der Waals surface area contributed by atoms with E-state index in [0.717, 1.165) is 37.3 Å². The first kappa shape index (κ1) is 16.5. The molecule has 2 rings (SSSR count). The standard InChI is InChI=1S/C18H33N3/c1-5-11-21-13-17(12-20-21)18(19-6-2)16-9-7-15(8-10-16)14(3)4/h12-16,18-19H,5-11H2,1-4H3. The van der Waals surface area contributed by atoms with Crippen molar-refractivity contribution in [2.24, 2.45) is 17.8 Å². The summed E-state index contributed by atoms with van der Waals surface area (Å²) in [5.74, 6) is 2.56. The first-order valence-corrected chi connectivity index (χ1v) is 8.91. The van der Waals surface area contributed by atoms with Gasteiger partial charge in [0.1, 0.15) is 0 Å². The van der Waals surface area contributed by atoms with Crippen LogP contribution in [0.5, 0.6) is 0 Å². The number of aryl methyl sites for hydroxylation is 1. The predicted molar refractivity (Wildman–Crippen MR) is 89.2 cm³/mol. The molecule has 1 N–H and O–H groups in total. The summed E-state index contributed by atoms with van der Waals surface area (Å²) in [6.45, 7) is 11.2. The minimum atomic E-state index is 0.494. The van der Waals surface area contributed by atoms with Gasteiger partial charge in [0.25, 0.3) is 0 Å². The summed E-state index contributed by atoms with van der Waals surface area (Å²) in [5, 5.41) is 8.24. The van der Waals surface area contributed by atoms with Gasteiger partial charge < -0.3 is 5.32 Å². The Morgan fingerprint density at radius 1 is 1.19 bits per heavy atom. The molecule has 0 bridgehead atoms. The van der Waals surface area contributed by atoms with E-state index >= 15 is 0 Å². The normalized spacial score (nSPS) is 24.4. The molecule has 0 radical (unpaired) electrons. The zero-order valence-corrected chi connectivity index (χ0v) is 14.3. The van der Waals surface area contributed by atoms with Crippen LogP contribution in [-0.4, -0.2) is 16.3 Å². The zero-order valence-electron chi connectivity index (χ0n) is 14.3. The number of hydrogen-bond acceptors (Lipinski definition) is 2. The van der Waals surface area contributed by atoms with Gasteiger partial charge in [-0.25, -0.2) is 0 Å². The van der Waals surface area contributed by atoms with E-state index in [2.05, 4.69) is 55.2 Å². The Labute approximate surface area is 130 Å². The first-order chi connectivity index (χ1) is 10.2. The van der Waals surface area contributed by atoms with Crippen molar-refractivity contribution < 1.29 is 0 Å². The lowest BCUT2D eigenvalue weighted by Gasteiger charge is -2.35. The fourth-order valence-corrected chi connectivity index (χ4v) is 3.81. The summed E-state index contributed by atoms with van der Waals surface area (Å²) in [7, 11) is 0. The molecule has 1 aromatic rings. The molecule has 120 valence electrons. The summed E-state index contributed by atoms with van der Waals surface area (Å²) in [6.07, 6.45) is 11.0. The molecule has 1 heterocycles. The highest BCUT2D eigenvalue weighted by Gasteiger charge is 2.29. The second kappa shape index (κ2) is 7.98. The molecular formula is C18H33N3. The van der Waals surface area contributed by atoms with Crippen molar-refractivity contribution in [2.75, 3.05) is 6.54 Å². The van der Waals surface area contributed by atoms with Gasteiger partial charge in [0.15, 0.2) is 0 Å². The second-order valence-electron chi connectivity index (χ2n) is 6.99. The Bertz CT molecular complexity index is 402. The average Bonchev–Trinajstić information content (AvgIpc) is 2.93. The smallest absolute Gasteiger partial charge is 0.0537 e. The minimum absolute atomic E-state index is 0.494. The quantitative estimate of drug-likeness (QED) is 0.806. The third-order valence-corrected chi connectivity index (χ3v) is 5.12. The SMILES string of the molecule is CCCn1cc(C(NCC)C2CCC(C(C)C)CC2)cn1. The molecule has 0 amide bonds. The number of nitrogens with one attached hydrogen (secondary N) is 1. The van der Waals surface area contributed by atoms with Crippen LogP contribution in [0.4, 0.5) is 0 Å². The topological polar surface area (TPSA) is 29.9 Å². The van der Waals surface area contributed by atoms with Gasteiger partial charge in [0.2, 0.25) is 0 Å². The molecule has 0 spiro atoms. The van der Waals surface area contributed by atoms with Crippen molar-refractivity contribution in [1.82, 2.24) is 15.1 Å². The van der Waals surface area contributed by atoms with Gasteiger partial charge in [-0.15, -0.1) is 0 Å². The van der Waals surface area contributed by atoms with Crippen molar-refractivity contribution in [3.8, 4) is 0 Å². The molecule has 3 nitrogen and oxygen atoms in total. The van der Waals surface area contributed by atoms with Crippen molar-refractivity contribution >= 4 is 0 Å². The number of rotatable bonds is 7. The Kier molecular flexibility index (Phi) is 6.28. The molecule has 1 aromatic heterocycles. The van der Waals surface area contributed by atoms with Crippen molar-refractivity contribution in [3.63, 3.8) is 0 Å². The van der Waals surface area contributed by atoms with E-state index < -0.39 is 0 Å². The van der Waals surface area contributed by atoms with Gasteiger partial charge in [0, 0.05) is 24.3 Å². The summed E-state index contributed by atoms with van der Waals surface area (Å²) < 4.78 is 2.10. The third kappa shape index (κ3) is 4.32. The second-order valence-corrected chi connectivity index (χ2v) is 6.99. The molecule has 1 unspecified atom stereocenters. The van der Waals surface area contributed by atoms with E-state index in [1.165, 1.54) is 31.2 Å². The lowest BCUT2D eigenvalue weighted by atomic mass is 9.73. The van der Waals surface area contributed by atoms with E-state index in [9.17, 15) is 0 Å². The Balaban J connectivity index is 2.01. The van der Waals surface area contributed by atoms with Gasteiger partial charge in [-0.3, -0.25) is 4.68 Å². The monoisotopic (exact) mass is 291 g/mol. The lowest BCUT2D eigenvalue weighted by Crippen LogP contribution is -2.31. The van der Waals surface area contributed by atoms with Crippen LogP contribution in [0.3, 0.4) is 0 Å². The van der Waals surface area contributed by atoms with Crippen molar-refractivity contribution in [3.05, 3.63) is 18.0 Å². The number of aromatic nitrogens is 2. The lowest BCUT2D eigenvalue weighted by molar-refractivity contribution is 0.190. The molecule has 1 aliphatic rings. The molecule has 1 fully saturated rings. The molecule has 1 aliphatic carbocycles. The highest BCUT2D eigenvalue weighted by Crippen LogP contribution is 2.39. The van der Waals surface area contributed by atoms with Crippen LogP contribution in [0.15, 0.2) is 12.4 Å². The predicted octanol–water partition coefficient (Wildman–Crippen LogP) is 4.41. The van der Waals surface area contributed by atoms with Crippen LogP contribution in [0.2, 0.25) is 0 Å². The first-order valence-electron chi connectivity index (χ1n) is 8.91. The Morgan fingerprint density at radius 3 is 2.43 bits per heavy atom. The van der Waals surface area contributed by atoms with E-state index in [-0.39, 0.29) is 0 Å². The Morgan fingerprint density at radius 2 is 1.86 bits per heavy atom.